The Kier molecular flexibility index (Phi) is 5.55. The molecule has 0 amide bonds. The van der Waals surface area contributed by atoms with Crippen LogP contribution in [0.3, 0.4) is 0 Å². The smallest absolute Gasteiger partial charge is 0.279 e. The van der Waals surface area contributed by atoms with E-state index in [9.17, 15) is 8.42 Å². The molecule has 0 saturated heterocycles. The Hall–Kier alpha value is -3.36. The first-order chi connectivity index (χ1) is 16.0. The van der Waals surface area contributed by atoms with Gasteiger partial charge in [0.05, 0.1) is 29.3 Å². The molecule has 0 bridgehead atoms. The number of benzene rings is 2. The van der Waals surface area contributed by atoms with Gasteiger partial charge in [-0.2, -0.15) is 17.9 Å². The van der Waals surface area contributed by atoms with Gasteiger partial charge in [-0.25, -0.2) is 4.98 Å². The molecule has 1 atom stereocenters. The molecule has 0 radical (unpaired) electrons. The lowest BCUT2D eigenvalue weighted by Gasteiger charge is -2.24. The van der Waals surface area contributed by atoms with Gasteiger partial charge in [0.2, 0.25) is 0 Å². The summed E-state index contributed by atoms with van der Waals surface area (Å²) in [5.74, 6) is 1.21. The summed E-state index contributed by atoms with van der Waals surface area (Å²) in [5, 5.41) is 5.48. The van der Waals surface area contributed by atoms with Gasteiger partial charge in [-0.05, 0) is 55.5 Å². The normalized spacial score (nSPS) is 16.2. The molecule has 0 N–H and O–H groups in total. The fraction of sp³-hybridized carbons (Fsp3) is 0.167. The Balaban J connectivity index is 1.64. The Morgan fingerprint density at radius 1 is 1.12 bits per heavy atom. The van der Waals surface area contributed by atoms with E-state index in [1.54, 1.807) is 42.5 Å². The van der Waals surface area contributed by atoms with Crippen LogP contribution in [-0.2, 0) is 10.0 Å². The molecular weight excluding hydrogens is 462 g/mol. The van der Waals surface area contributed by atoms with Crippen LogP contribution >= 0.6 is 11.6 Å². The second-order valence-corrected chi connectivity index (χ2v) is 9.64. The van der Waals surface area contributed by atoms with Crippen molar-refractivity contribution in [2.24, 2.45) is 5.10 Å². The van der Waals surface area contributed by atoms with E-state index in [0.717, 1.165) is 9.80 Å². The molecule has 5 rings (SSSR count). The number of ether oxygens (including phenoxy) is 1. The molecule has 9 heteroatoms. The number of pyridine rings is 1. The van der Waals surface area contributed by atoms with Crippen LogP contribution in [0, 0.1) is 0 Å². The van der Waals surface area contributed by atoms with Crippen LogP contribution in [0.4, 0.5) is 0 Å². The summed E-state index contributed by atoms with van der Waals surface area (Å²) >= 11 is 6.58. The van der Waals surface area contributed by atoms with Crippen molar-refractivity contribution in [3.63, 3.8) is 0 Å². The number of rotatable bonds is 6. The van der Waals surface area contributed by atoms with Crippen LogP contribution in [0.2, 0.25) is 5.15 Å². The summed E-state index contributed by atoms with van der Waals surface area (Å²) in [7, 11) is -3.95. The molecule has 33 heavy (non-hydrogen) atoms. The van der Waals surface area contributed by atoms with Crippen molar-refractivity contribution in [1.82, 2.24) is 9.40 Å². The molecule has 3 heterocycles. The number of nitrogens with zero attached hydrogens (tertiary/aromatic N) is 3. The van der Waals surface area contributed by atoms with Crippen molar-refractivity contribution >= 4 is 38.2 Å². The SMILES string of the molecule is CCOc1ccc2nc(Cl)c([C@H]3CC(c4ccco4)=NN3S(=O)(=O)c3ccccc3)cc2c1. The van der Waals surface area contributed by atoms with Crippen molar-refractivity contribution in [3.8, 4) is 5.75 Å². The summed E-state index contributed by atoms with van der Waals surface area (Å²) < 4.78 is 39.3. The fourth-order valence-electron chi connectivity index (χ4n) is 3.87. The molecule has 2 aromatic heterocycles. The molecule has 7 nitrogen and oxygen atoms in total. The number of furan rings is 1. The van der Waals surface area contributed by atoms with Gasteiger partial charge in [0.15, 0.2) is 0 Å². The summed E-state index contributed by atoms with van der Waals surface area (Å²) in [6.07, 6.45) is 1.82. The fourth-order valence-corrected chi connectivity index (χ4v) is 5.59. The minimum Gasteiger partial charge on any atom is -0.494 e. The second kappa shape index (κ2) is 8.53. The lowest BCUT2D eigenvalue weighted by atomic mass is 10.0. The molecule has 0 unspecified atom stereocenters. The third kappa shape index (κ3) is 3.96. The Morgan fingerprint density at radius 2 is 1.94 bits per heavy atom. The van der Waals surface area contributed by atoms with E-state index in [0.29, 0.717) is 34.9 Å². The maximum Gasteiger partial charge on any atom is 0.279 e. The van der Waals surface area contributed by atoms with Gasteiger partial charge < -0.3 is 9.15 Å². The van der Waals surface area contributed by atoms with Crippen molar-refractivity contribution in [1.29, 1.82) is 0 Å². The molecular formula is C24H20ClN3O4S. The number of sulfonamides is 1. The van der Waals surface area contributed by atoms with Crippen LogP contribution in [-0.4, -0.2) is 30.1 Å². The summed E-state index contributed by atoms with van der Waals surface area (Å²) in [4.78, 5) is 4.65. The highest BCUT2D eigenvalue weighted by Gasteiger charge is 2.39. The summed E-state index contributed by atoms with van der Waals surface area (Å²) in [5.41, 5.74) is 1.77. The Labute approximate surface area is 196 Å². The zero-order valence-corrected chi connectivity index (χ0v) is 19.3. The van der Waals surface area contributed by atoms with E-state index in [1.807, 2.05) is 31.2 Å². The van der Waals surface area contributed by atoms with E-state index in [-0.39, 0.29) is 16.5 Å². The molecule has 1 aliphatic heterocycles. The molecule has 0 saturated carbocycles. The van der Waals surface area contributed by atoms with E-state index in [4.69, 9.17) is 20.8 Å². The highest BCUT2D eigenvalue weighted by molar-refractivity contribution is 7.89. The lowest BCUT2D eigenvalue weighted by molar-refractivity contribution is 0.340. The average molecular weight is 482 g/mol. The predicted octanol–water partition coefficient (Wildman–Crippen LogP) is 5.42. The summed E-state index contributed by atoms with van der Waals surface area (Å²) in [6.45, 7) is 2.44. The number of halogens is 1. The second-order valence-electron chi connectivity index (χ2n) is 7.49. The molecule has 1 aliphatic rings. The van der Waals surface area contributed by atoms with Crippen LogP contribution in [0.15, 0.2) is 87.4 Å². The summed E-state index contributed by atoms with van der Waals surface area (Å²) in [6, 6.07) is 18.4. The number of hydrogen-bond donors (Lipinski definition) is 0. The van der Waals surface area contributed by atoms with Crippen LogP contribution in [0.5, 0.6) is 5.75 Å². The van der Waals surface area contributed by atoms with Crippen molar-refractivity contribution in [2.45, 2.75) is 24.3 Å². The van der Waals surface area contributed by atoms with E-state index < -0.39 is 16.1 Å². The number of aromatic nitrogens is 1. The molecule has 0 fully saturated rings. The van der Waals surface area contributed by atoms with Crippen LogP contribution in [0.25, 0.3) is 10.9 Å². The molecule has 4 aromatic rings. The monoisotopic (exact) mass is 481 g/mol. The van der Waals surface area contributed by atoms with Gasteiger partial charge in [-0.1, -0.05) is 29.8 Å². The standard InChI is InChI=1S/C24H20ClN3O4S/c1-2-31-17-10-11-20-16(13-17)14-19(24(25)26-20)22-15-21(23-9-6-12-32-23)27-28(22)33(29,30)18-7-4-3-5-8-18/h3-14,22H,2,15H2,1H3/t22-/m1/s1. The Morgan fingerprint density at radius 3 is 2.67 bits per heavy atom. The van der Waals surface area contributed by atoms with Gasteiger partial charge >= 0.3 is 0 Å². The lowest BCUT2D eigenvalue weighted by Crippen LogP contribution is -2.27. The van der Waals surface area contributed by atoms with E-state index in [1.165, 1.54) is 6.26 Å². The first kappa shape index (κ1) is 21.5. The van der Waals surface area contributed by atoms with Crippen LogP contribution < -0.4 is 4.74 Å². The maximum absolute atomic E-state index is 13.6. The van der Waals surface area contributed by atoms with E-state index >= 15 is 0 Å². The first-order valence-electron chi connectivity index (χ1n) is 10.4. The van der Waals surface area contributed by atoms with Gasteiger partial charge in [0.1, 0.15) is 22.4 Å². The first-order valence-corrected chi connectivity index (χ1v) is 12.2. The number of fused-ring (bicyclic) bond motifs is 1. The average Bonchev–Trinajstić information content (AvgIpc) is 3.50. The van der Waals surface area contributed by atoms with Gasteiger partial charge in [-0.3, -0.25) is 0 Å². The largest absolute Gasteiger partial charge is 0.494 e. The highest BCUT2D eigenvalue weighted by atomic mass is 35.5. The Bertz CT molecular complexity index is 1440. The molecule has 168 valence electrons. The van der Waals surface area contributed by atoms with Crippen LogP contribution in [0.1, 0.15) is 30.7 Å². The van der Waals surface area contributed by atoms with Crippen molar-refractivity contribution < 1.29 is 17.6 Å². The molecule has 2 aromatic carbocycles. The van der Waals surface area contributed by atoms with E-state index in [2.05, 4.69) is 10.1 Å². The molecule has 0 spiro atoms. The highest BCUT2D eigenvalue weighted by Crippen LogP contribution is 2.40. The maximum atomic E-state index is 13.6. The minimum atomic E-state index is -3.95. The van der Waals surface area contributed by atoms with Gasteiger partial charge in [0.25, 0.3) is 10.0 Å². The zero-order chi connectivity index (χ0) is 23.0. The zero-order valence-electron chi connectivity index (χ0n) is 17.7. The number of hydrogen-bond acceptors (Lipinski definition) is 6. The van der Waals surface area contributed by atoms with Crippen molar-refractivity contribution in [2.75, 3.05) is 6.61 Å². The minimum absolute atomic E-state index is 0.142. The van der Waals surface area contributed by atoms with Gasteiger partial charge in [-0.15, -0.1) is 0 Å². The predicted molar refractivity (Wildman–Crippen MR) is 126 cm³/mol. The van der Waals surface area contributed by atoms with Gasteiger partial charge in [0, 0.05) is 17.4 Å². The van der Waals surface area contributed by atoms with Crippen molar-refractivity contribution in [3.05, 3.63) is 89.5 Å². The quantitative estimate of drug-likeness (QED) is 0.343. The topological polar surface area (TPSA) is 85.0 Å². The number of hydrazone groups is 1. The third-order valence-electron chi connectivity index (χ3n) is 5.40. The third-order valence-corrected chi connectivity index (χ3v) is 7.40. The molecule has 0 aliphatic carbocycles.